The largest absolute Gasteiger partial charge is 0.469 e. The van der Waals surface area contributed by atoms with E-state index in [9.17, 15) is 4.79 Å². The second-order valence-corrected chi connectivity index (χ2v) is 4.95. The second-order valence-electron chi connectivity index (χ2n) is 4.09. The van der Waals surface area contributed by atoms with Crippen LogP contribution in [0.15, 0.2) is 5.38 Å². The van der Waals surface area contributed by atoms with Crippen LogP contribution in [0.5, 0.6) is 0 Å². The lowest BCUT2D eigenvalue weighted by molar-refractivity contribution is -0.141. The number of carbonyl (C=O) groups is 1. The zero-order valence-corrected chi connectivity index (χ0v) is 11.6. The zero-order chi connectivity index (χ0) is 12.3. The number of thiazole rings is 1. The van der Waals surface area contributed by atoms with Crippen LogP contribution in [0.25, 0.3) is 0 Å². The summed E-state index contributed by atoms with van der Waals surface area (Å²) in [6, 6.07) is 0. The van der Waals surface area contributed by atoms with Gasteiger partial charge in [0.1, 0.15) is 0 Å². The molecule has 7 heteroatoms. The number of hydrogen-bond acceptors (Lipinski definition) is 5. The van der Waals surface area contributed by atoms with Crippen molar-refractivity contribution in [3.05, 3.63) is 16.1 Å². The number of nitrogens with zero attached hydrogens (tertiary/aromatic N) is 1. The maximum absolute atomic E-state index is 11.2. The van der Waals surface area contributed by atoms with Crippen molar-refractivity contribution < 1.29 is 9.53 Å². The molecule has 96 valence electrons. The van der Waals surface area contributed by atoms with Crippen LogP contribution >= 0.6 is 23.7 Å². The zero-order valence-electron chi connectivity index (χ0n) is 9.94. The summed E-state index contributed by atoms with van der Waals surface area (Å²) in [6.45, 7) is 3.81. The number of nitrogen functional groups attached to an aromatic ring is 1. The van der Waals surface area contributed by atoms with Gasteiger partial charge in [0, 0.05) is 10.8 Å². The number of methoxy groups -OCH3 is 1. The maximum Gasteiger partial charge on any atom is 0.306 e. The van der Waals surface area contributed by atoms with Crippen LogP contribution in [-0.4, -0.2) is 23.9 Å². The average Bonchev–Trinajstić information content (AvgIpc) is 2.66. The van der Waals surface area contributed by atoms with E-state index in [0.717, 1.165) is 5.69 Å². The minimum Gasteiger partial charge on any atom is -0.469 e. The van der Waals surface area contributed by atoms with Gasteiger partial charge in [-0.1, -0.05) is 13.8 Å². The van der Waals surface area contributed by atoms with Gasteiger partial charge in [-0.3, -0.25) is 10.2 Å². The van der Waals surface area contributed by atoms with Gasteiger partial charge in [0.2, 0.25) is 0 Å². The van der Waals surface area contributed by atoms with Crippen molar-refractivity contribution in [1.29, 1.82) is 5.41 Å². The van der Waals surface area contributed by atoms with Gasteiger partial charge in [0.05, 0.1) is 19.2 Å². The molecule has 1 aromatic rings. The first-order chi connectivity index (χ1) is 7.36. The lowest BCUT2D eigenvalue weighted by atomic mass is 9.86. The van der Waals surface area contributed by atoms with E-state index in [1.807, 2.05) is 19.2 Å². The van der Waals surface area contributed by atoms with Crippen LogP contribution in [-0.2, 0) is 14.9 Å². The Morgan fingerprint density at radius 2 is 2.24 bits per heavy atom. The summed E-state index contributed by atoms with van der Waals surface area (Å²) in [7, 11) is 1.36. The molecule has 0 saturated heterocycles. The van der Waals surface area contributed by atoms with Crippen molar-refractivity contribution >= 4 is 35.5 Å². The highest BCUT2D eigenvalue weighted by molar-refractivity contribution is 7.11. The predicted molar refractivity (Wildman–Crippen MR) is 70.0 cm³/mol. The Balaban J connectivity index is 0.00000256. The topological polar surface area (TPSA) is 89.1 Å². The Kier molecular flexibility index (Phi) is 5.57. The third-order valence-electron chi connectivity index (χ3n) is 2.24. The van der Waals surface area contributed by atoms with Crippen LogP contribution in [0.2, 0.25) is 0 Å². The van der Waals surface area contributed by atoms with Gasteiger partial charge in [-0.2, -0.15) is 0 Å². The lowest BCUT2D eigenvalue weighted by Gasteiger charge is -2.20. The molecule has 0 aliphatic carbocycles. The molecule has 0 spiro atoms. The fraction of sp³-hybridized carbons (Fsp3) is 0.500. The molecular formula is C10H16ClN3O2S. The van der Waals surface area contributed by atoms with Crippen molar-refractivity contribution in [3.63, 3.8) is 0 Å². The Hall–Kier alpha value is -1.14. The first-order valence-electron chi connectivity index (χ1n) is 4.74. The number of esters is 1. The van der Waals surface area contributed by atoms with Crippen molar-refractivity contribution in [2.45, 2.75) is 25.7 Å². The number of hydrogen-bond donors (Lipinski definition) is 2. The Morgan fingerprint density at radius 3 is 2.65 bits per heavy atom. The van der Waals surface area contributed by atoms with E-state index in [-0.39, 0.29) is 30.6 Å². The molecular weight excluding hydrogens is 262 g/mol. The minimum absolute atomic E-state index is 0. The van der Waals surface area contributed by atoms with Crippen LogP contribution in [0.4, 0.5) is 0 Å². The molecule has 0 aromatic carbocycles. The molecule has 0 saturated carbocycles. The summed E-state index contributed by atoms with van der Waals surface area (Å²) in [5.74, 6) is -0.326. The van der Waals surface area contributed by atoms with Gasteiger partial charge in [0.15, 0.2) is 10.8 Å². The van der Waals surface area contributed by atoms with Gasteiger partial charge < -0.3 is 10.5 Å². The predicted octanol–water partition coefficient (Wildman–Crippen LogP) is 1.69. The second kappa shape index (κ2) is 5.97. The van der Waals surface area contributed by atoms with Crippen molar-refractivity contribution in [2.24, 2.45) is 5.73 Å². The maximum atomic E-state index is 11.2. The van der Waals surface area contributed by atoms with E-state index in [4.69, 9.17) is 11.1 Å². The van der Waals surface area contributed by atoms with Crippen LogP contribution in [0.1, 0.15) is 31.0 Å². The first-order valence-corrected chi connectivity index (χ1v) is 5.62. The van der Waals surface area contributed by atoms with E-state index in [0.29, 0.717) is 5.01 Å². The molecule has 3 N–H and O–H groups in total. The van der Waals surface area contributed by atoms with E-state index in [2.05, 4.69) is 9.72 Å². The molecule has 0 fully saturated rings. The van der Waals surface area contributed by atoms with E-state index >= 15 is 0 Å². The SMILES string of the molecule is COC(=O)CC(C)(C)c1csc(C(=N)N)n1.Cl. The standard InChI is InChI=1S/C10H15N3O2S.ClH/c1-10(2,4-7(14)15-3)6-5-16-9(13-6)8(11)12;/h5H,4H2,1-3H3,(H3,11,12);1H. The van der Waals surface area contributed by atoms with Crippen molar-refractivity contribution in [2.75, 3.05) is 7.11 Å². The Bertz CT molecular complexity index is 417. The minimum atomic E-state index is -0.405. The highest BCUT2D eigenvalue weighted by atomic mass is 35.5. The Morgan fingerprint density at radius 1 is 1.65 bits per heavy atom. The third-order valence-corrected chi connectivity index (χ3v) is 3.12. The van der Waals surface area contributed by atoms with E-state index in [1.54, 1.807) is 0 Å². The van der Waals surface area contributed by atoms with Gasteiger partial charge in [-0.05, 0) is 0 Å². The summed E-state index contributed by atoms with van der Waals surface area (Å²) in [4.78, 5) is 15.5. The average molecular weight is 278 g/mol. The van der Waals surface area contributed by atoms with Gasteiger partial charge >= 0.3 is 5.97 Å². The molecule has 1 aromatic heterocycles. The summed E-state index contributed by atoms with van der Waals surface area (Å²) in [5, 5.41) is 9.56. The van der Waals surface area contributed by atoms with Crippen LogP contribution in [0, 0.1) is 5.41 Å². The van der Waals surface area contributed by atoms with E-state index < -0.39 is 5.41 Å². The number of aromatic nitrogens is 1. The first kappa shape index (κ1) is 15.9. The summed E-state index contributed by atoms with van der Waals surface area (Å²) in [5.41, 5.74) is 5.69. The lowest BCUT2D eigenvalue weighted by Crippen LogP contribution is -2.23. The van der Waals surface area contributed by atoms with Crippen LogP contribution < -0.4 is 5.73 Å². The molecule has 5 nitrogen and oxygen atoms in total. The molecule has 0 amide bonds. The quantitative estimate of drug-likeness (QED) is 0.498. The van der Waals surface area contributed by atoms with Crippen LogP contribution in [0.3, 0.4) is 0 Å². The fourth-order valence-corrected chi connectivity index (χ4v) is 2.10. The number of nitrogens with one attached hydrogen (secondary N) is 1. The summed E-state index contributed by atoms with van der Waals surface area (Å²) in [6.07, 6.45) is 0.255. The summed E-state index contributed by atoms with van der Waals surface area (Å²) >= 11 is 1.31. The summed E-state index contributed by atoms with van der Waals surface area (Å²) < 4.78 is 4.63. The highest BCUT2D eigenvalue weighted by Gasteiger charge is 2.27. The normalized spacial score (nSPS) is 10.5. The van der Waals surface area contributed by atoms with Crippen molar-refractivity contribution in [3.8, 4) is 0 Å². The molecule has 0 aliphatic rings. The molecule has 0 aliphatic heterocycles. The van der Waals surface area contributed by atoms with Gasteiger partial charge in [-0.15, -0.1) is 23.7 Å². The molecule has 0 unspecified atom stereocenters. The molecule has 0 radical (unpaired) electrons. The smallest absolute Gasteiger partial charge is 0.306 e. The third kappa shape index (κ3) is 3.98. The van der Waals surface area contributed by atoms with Crippen molar-refractivity contribution in [1.82, 2.24) is 4.98 Å². The monoisotopic (exact) mass is 277 g/mol. The molecule has 0 bridgehead atoms. The highest BCUT2D eigenvalue weighted by Crippen LogP contribution is 2.28. The number of carbonyl (C=O) groups excluding carboxylic acids is 1. The Labute approximate surface area is 110 Å². The number of nitrogens with two attached hydrogens (primary N) is 1. The molecule has 17 heavy (non-hydrogen) atoms. The number of halogens is 1. The number of ether oxygens (including phenoxy) is 1. The van der Waals surface area contributed by atoms with Gasteiger partial charge in [0.25, 0.3) is 0 Å². The molecule has 1 heterocycles. The number of rotatable bonds is 4. The van der Waals surface area contributed by atoms with E-state index in [1.165, 1.54) is 18.4 Å². The molecule has 0 atom stereocenters. The van der Waals surface area contributed by atoms with Gasteiger partial charge in [-0.25, -0.2) is 4.98 Å². The molecule has 1 rings (SSSR count). The number of amidine groups is 1. The fourth-order valence-electron chi connectivity index (χ4n) is 1.23.